The van der Waals surface area contributed by atoms with E-state index in [1.54, 1.807) is 14.2 Å². The predicted molar refractivity (Wildman–Crippen MR) is 98.0 cm³/mol. The lowest BCUT2D eigenvalue weighted by molar-refractivity contribution is 0.391. The van der Waals surface area contributed by atoms with Crippen molar-refractivity contribution >= 4 is 33.9 Å². The summed E-state index contributed by atoms with van der Waals surface area (Å²) >= 11 is 6.16. The van der Waals surface area contributed by atoms with Gasteiger partial charge in [0.1, 0.15) is 11.5 Å². The first-order valence-electron chi connectivity index (χ1n) is 7.42. The van der Waals surface area contributed by atoms with Gasteiger partial charge in [-0.3, -0.25) is 0 Å². The smallest absolute Gasteiger partial charge is 0.154 e. The van der Waals surface area contributed by atoms with Crippen molar-refractivity contribution in [3.63, 3.8) is 0 Å². The van der Waals surface area contributed by atoms with E-state index in [1.165, 1.54) is 0 Å². The van der Waals surface area contributed by atoms with E-state index in [9.17, 15) is 0 Å². The number of para-hydroxylation sites is 1. The van der Waals surface area contributed by atoms with Crippen molar-refractivity contribution in [1.29, 1.82) is 0 Å². The van der Waals surface area contributed by atoms with Gasteiger partial charge in [-0.25, -0.2) is 4.98 Å². The molecule has 0 radical (unpaired) electrons. The molecule has 0 amide bonds. The molecule has 1 aromatic heterocycles. The first-order chi connectivity index (χ1) is 11.6. The number of rotatable bonds is 5. The van der Waals surface area contributed by atoms with Gasteiger partial charge >= 0.3 is 0 Å². The Hall–Kier alpha value is -2.66. The van der Waals surface area contributed by atoms with E-state index in [-0.39, 0.29) is 5.15 Å². The van der Waals surface area contributed by atoms with E-state index in [2.05, 4.69) is 10.3 Å². The largest absolute Gasteiger partial charge is 0.497 e. The lowest BCUT2D eigenvalue weighted by atomic mass is 10.1. The van der Waals surface area contributed by atoms with Crippen molar-refractivity contribution in [2.75, 3.05) is 25.3 Å². The number of nitrogens with zero attached hydrogens (tertiary/aromatic N) is 1. The molecule has 6 heteroatoms. The molecule has 3 rings (SSSR count). The number of methoxy groups -OCH3 is 2. The Balaban J connectivity index is 1.95. The van der Waals surface area contributed by atoms with Crippen LogP contribution < -0.4 is 20.5 Å². The Bertz CT molecular complexity index is 884. The van der Waals surface area contributed by atoms with Crippen molar-refractivity contribution in [2.24, 2.45) is 0 Å². The fourth-order valence-electron chi connectivity index (χ4n) is 2.57. The second-order valence-corrected chi connectivity index (χ2v) is 5.60. The average Bonchev–Trinajstić information content (AvgIpc) is 2.62. The van der Waals surface area contributed by atoms with Gasteiger partial charge in [-0.05, 0) is 18.2 Å². The molecular formula is C18H18ClN3O2. The van der Waals surface area contributed by atoms with Crippen molar-refractivity contribution in [2.45, 2.75) is 6.54 Å². The minimum absolute atomic E-state index is 0.290. The highest BCUT2D eigenvalue weighted by Gasteiger charge is 2.12. The van der Waals surface area contributed by atoms with Gasteiger partial charge in [0.25, 0.3) is 0 Å². The molecule has 1 heterocycles. The summed E-state index contributed by atoms with van der Waals surface area (Å²) in [4.78, 5) is 4.31. The summed E-state index contributed by atoms with van der Waals surface area (Å²) in [6.45, 7) is 0.529. The molecule has 0 bridgehead atoms. The third kappa shape index (κ3) is 3.03. The van der Waals surface area contributed by atoms with E-state index < -0.39 is 0 Å². The van der Waals surface area contributed by atoms with Crippen LogP contribution in [0.25, 0.3) is 10.9 Å². The molecule has 0 saturated carbocycles. The molecule has 0 saturated heterocycles. The second kappa shape index (κ2) is 6.84. The van der Waals surface area contributed by atoms with E-state index >= 15 is 0 Å². The summed E-state index contributed by atoms with van der Waals surface area (Å²) in [7, 11) is 3.25. The SMILES string of the molecule is COc1ccc(CNc2c(N)c(Cl)nc3ccccc23)c(OC)c1. The summed E-state index contributed by atoms with van der Waals surface area (Å²) in [5.41, 5.74) is 9.09. The zero-order chi connectivity index (χ0) is 17.1. The van der Waals surface area contributed by atoms with Crippen LogP contribution in [-0.4, -0.2) is 19.2 Å². The normalized spacial score (nSPS) is 10.6. The summed E-state index contributed by atoms with van der Waals surface area (Å²) in [5.74, 6) is 1.48. The molecule has 3 N–H and O–H groups in total. The number of pyridine rings is 1. The van der Waals surface area contributed by atoms with Gasteiger partial charge in [-0.2, -0.15) is 0 Å². The van der Waals surface area contributed by atoms with Gasteiger partial charge in [-0.15, -0.1) is 0 Å². The number of aromatic nitrogens is 1. The van der Waals surface area contributed by atoms with Crippen LogP contribution in [0.15, 0.2) is 42.5 Å². The average molecular weight is 344 g/mol. The van der Waals surface area contributed by atoms with Crippen molar-refractivity contribution in [3.8, 4) is 11.5 Å². The standard InChI is InChI=1S/C18H18ClN3O2/c1-23-12-8-7-11(15(9-12)24-2)10-21-17-13-5-3-4-6-14(13)22-18(19)16(17)20/h3-9H,10,20H2,1-2H3,(H,21,22). The Morgan fingerprint density at radius 2 is 1.92 bits per heavy atom. The Kier molecular flexibility index (Phi) is 4.62. The maximum absolute atomic E-state index is 6.16. The molecule has 0 aliphatic rings. The Morgan fingerprint density at radius 3 is 2.67 bits per heavy atom. The van der Waals surface area contributed by atoms with Gasteiger partial charge in [-0.1, -0.05) is 29.8 Å². The van der Waals surface area contributed by atoms with E-state index in [4.69, 9.17) is 26.8 Å². The number of nitrogens with two attached hydrogens (primary N) is 1. The third-order valence-corrected chi connectivity index (χ3v) is 4.12. The van der Waals surface area contributed by atoms with Crippen LogP contribution in [0.4, 0.5) is 11.4 Å². The molecule has 3 aromatic rings. The molecule has 124 valence electrons. The summed E-state index contributed by atoms with van der Waals surface area (Å²) in [5, 5.41) is 4.57. The topological polar surface area (TPSA) is 69.4 Å². The molecule has 0 atom stereocenters. The minimum Gasteiger partial charge on any atom is -0.497 e. The lowest BCUT2D eigenvalue weighted by Gasteiger charge is -2.15. The molecule has 2 aromatic carbocycles. The number of hydrogen-bond acceptors (Lipinski definition) is 5. The summed E-state index contributed by atoms with van der Waals surface area (Å²) in [6.07, 6.45) is 0. The fourth-order valence-corrected chi connectivity index (χ4v) is 2.75. The monoisotopic (exact) mass is 343 g/mol. The van der Waals surface area contributed by atoms with Crippen molar-refractivity contribution in [1.82, 2.24) is 4.98 Å². The summed E-state index contributed by atoms with van der Waals surface area (Å²) < 4.78 is 10.6. The molecule has 0 spiro atoms. The van der Waals surface area contributed by atoms with Crippen LogP contribution >= 0.6 is 11.6 Å². The van der Waals surface area contributed by atoms with Gasteiger partial charge < -0.3 is 20.5 Å². The van der Waals surface area contributed by atoms with Crippen molar-refractivity contribution in [3.05, 3.63) is 53.2 Å². The van der Waals surface area contributed by atoms with Gasteiger partial charge in [0.2, 0.25) is 0 Å². The van der Waals surface area contributed by atoms with Crippen LogP contribution in [0.5, 0.6) is 11.5 Å². The molecule has 0 unspecified atom stereocenters. The predicted octanol–water partition coefficient (Wildman–Crippen LogP) is 4.10. The number of nitrogen functional groups attached to an aromatic ring is 1. The second-order valence-electron chi connectivity index (χ2n) is 5.24. The number of fused-ring (bicyclic) bond motifs is 1. The van der Waals surface area contributed by atoms with Crippen LogP contribution in [0.2, 0.25) is 5.15 Å². The van der Waals surface area contributed by atoms with Crippen LogP contribution in [-0.2, 0) is 6.54 Å². The lowest BCUT2D eigenvalue weighted by Crippen LogP contribution is -2.06. The Labute approximate surface area is 145 Å². The highest BCUT2D eigenvalue weighted by Crippen LogP contribution is 2.34. The minimum atomic E-state index is 0.290. The van der Waals surface area contributed by atoms with Crippen molar-refractivity contribution < 1.29 is 9.47 Å². The van der Waals surface area contributed by atoms with Gasteiger partial charge in [0.05, 0.1) is 31.1 Å². The van der Waals surface area contributed by atoms with E-state index in [1.807, 2.05) is 42.5 Å². The maximum atomic E-state index is 6.16. The fraction of sp³-hybridized carbons (Fsp3) is 0.167. The van der Waals surface area contributed by atoms with Gasteiger partial charge in [0.15, 0.2) is 5.15 Å². The highest BCUT2D eigenvalue weighted by atomic mass is 35.5. The quantitative estimate of drug-likeness (QED) is 0.682. The Morgan fingerprint density at radius 1 is 1.12 bits per heavy atom. The van der Waals surface area contributed by atoms with Crippen LogP contribution in [0.3, 0.4) is 0 Å². The summed E-state index contributed by atoms with van der Waals surface area (Å²) in [6, 6.07) is 13.4. The first kappa shape index (κ1) is 16.2. The van der Waals surface area contributed by atoms with E-state index in [0.29, 0.717) is 12.2 Å². The molecule has 0 aliphatic heterocycles. The number of hydrogen-bond donors (Lipinski definition) is 2. The number of benzene rings is 2. The zero-order valence-electron chi connectivity index (χ0n) is 13.5. The van der Waals surface area contributed by atoms with E-state index in [0.717, 1.165) is 33.7 Å². The van der Waals surface area contributed by atoms with Crippen LogP contribution in [0, 0.1) is 0 Å². The number of anilines is 2. The maximum Gasteiger partial charge on any atom is 0.154 e. The number of halogens is 1. The van der Waals surface area contributed by atoms with Crippen LogP contribution in [0.1, 0.15) is 5.56 Å². The number of nitrogens with one attached hydrogen (secondary N) is 1. The molecule has 0 aliphatic carbocycles. The molecule has 5 nitrogen and oxygen atoms in total. The number of ether oxygens (including phenoxy) is 2. The highest BCUT2D eigenvalue weighted by molar-refractivity contribution is 6.33. The molecule has 0 fully saturated rings. The molecule has 24 heavy (non-hydrogen) atoms. The van der Waals surface area contributed by atoms with Gasteiger partial charge in [0, 0.05) is 23.6 Å². The first-order valence-corrected chi connectivity index (χ1v) is 7.80. The zero-order valence-corrected chi connectivity index (χ0v) is 14.2. The third-order valence-electron chi connectivity index (χ3n) is 3.83. The molecular weight excluding hydrogens is 326 g/mol.